The summed E-state index contributed by atoms with van der Waals surface area (Å²) in [6.45, 7) is 3.61. The predicted octanol–water partition coefficient (Wildman–Crippen LogP) is 9.31. The van der Waals surface area contributed by atoms with Crippen LogP contribution in [0.2, 0.25) is 0 Å². The van der Waals surface area contributed by atoms with Gasteiger partial charge in [0.1, 0.15) is 30.5 Å². The van der Waals surface area contributed by atoms with Gasteiger partial charge in [-0.15, -0.1) is 0 Å². The van der Waals surface area contributed by atoms with Crippen molar-refractivity contribution in [3.63, 3.8) is 0 Å². The second-order valence-electron chi connectivity index (χ2n) is 17.4. The number of carbonyl (C=O) groups is 1. The fourth-order valence-electron chi connectivity index (χ4n) is 8.08. The minimum atomic E-state index is -1.60. The van der Waals surface area contributed by atoms with Crippen molar-refractivity contribution in [1.82, 2.24) is 5.32 Å². The van der Waals surface area contributed by atoms with Crippen LogP contribution in [0.3, 0.4) is 0 Å². The first kappa shape index (κ1) is 54.2. The van der Waals surface area contributed by atoms with Crippen LogP contribution in [0.4, 0.5) is 0 Å². The Kier molecular flexibility index (Phi) is 36.2. The van der Waals surface area contributed by atoms with Gasteiger partial charge in [0.05, 0.1) is 25.4 Å². The Morgan fingerprint density at radius 3 is 1.30 bits per heavy atom. The van der Waals surface area contributed by atoms with Gasteiger partial charge in [-0.2, -0.15) is 0 Å². The highest BCUT2D eigenvalue weighted by Crippen LogP contribution is 2.23. The molecule has 10 heteroatoms. The summed E-state index contributed by atoms with van der Waals surface area (Å²) in [4.78, 5) is 13.0. The molecule has 57 heavy (non-hydrogen) atoms. The molecule has 0 aromatic rings. The summed E-state index contributed by atoms with van der Waals surface area (Å²) >= 11 is 0. The maximum Gasteiger partial charge on any atom is 0.220 e. The van der Waals surface area contributed by atoms with Crippen LogP contribution < -0.4 is 5.32 Å². The Balaban J connectivity index is 2.30. The van der Waals surface area contributed by atoms with Gasteiger partial charge in [-0.05, 0) is 12.8 Å². The average molecular weight is 816 g/mol. The first-order valence-corrected chi connectivity index (χ1v) is 24.3. The van der Waals surface area contributed by atoms with Crippen LogP contribution in [0.5, 0.6) is 0 Å². The summed E-state index contributed by atoms with van der Waals surface area (Å²) in [5, 5.41) is 65.1. The van der Waals surface area contributed by atoms with Crippen molar-refractivity contribution in [2.75, 3.05) is 13.2 Å². The molecule has 0 spiro atoms. The first-order valence-electron chi connectivity index (χ1n) is 24.3. The molecule has 0 unspecified atom stereocenters. The fraction of sp³-hybridized carbons (Fsp3) is 0.979. The lowest BCUT2D eigenvalue weighted by atomic mass is 9.98. The third kappa shape index (κ3) is 28.3. The van der Waals surface area contributed by atoms with Gasteiger partial charge in [0.25, 0.3) is 0 Å². The van der Waals surface area contributed by atoms with Crippen molar-refractivity contribution in [3.8, 4) is 0 Å². The highest BCUT2D eigenvalue weighted by atomic mass is 16.7. The van der Waals surface area contributed by atoms with E-state index in [0.717, 1.165) is 44.9 Å². The van der Waals surface area contributed by atoms with E-state index in [1.807, 2.05) is 0 Å². The molecule has 0 bridgehead atoms. The van der Waals surface area contributed by atoms with E-state index in [9.17, 15) is 35.4 Å². The fourth-order valence-corrected chi connectivity index (χ4v) is 8.08. The Hall–Kier alpha value is -0.850. The number of aliphatic hydroxyl groups is 6. The summed E-state index contributed by atoms with van der Waals surface area (Å²) in [5.74, 6) is -0.254. The third-order valence-corrected chi connectivity index (χ3v) is 12.1. The number of rotatable bonds is 41. The van der Waals surface area contributed by atoms with Gasteiger partial charge >= 0.3 is 0 Å². The van der Waals surface area contributed by atoms with Crippen molar-refractivity contribution >= 4 is 5.91 Å². The zero-order valence-electron chi connectivity index (χ0n) is 37.0. The second-order valence-corrected chi connectivity index (χ2v) is 17.4. The zero-order valence-corrected chi connectivity index (χ0v) is 37.0. The van der Waals surface area contributed by atoms with Crippen molar-refractivity contribution in [2.24, 2.45) is 0 Å². The molecule has 7 N–H and O–H groups in total. The number of hydrogen-bond donors (Lipinski definition) is 7. The van der Waals surface area contributed by atoms with Gasteiger partial charge in [0.15, 0.2) is 6.29 Å². The topological polar surface area (TPSA) is 169 Å². The first-order chi connectivity index (χ1) is 27.8. The lowest BCUT2D eigenvalue weighted by Gasteiger charge is -2.40. The predicted molar refractivity (Wildman–Crippen MR) is 232 cm³/mol. The summed E-state index contributed by atoms with van der Waals surface area (Å²) in [6, 6.07) is -0.984. The standard InChI is InChI=1S/C47H93NO9/c1-3-5-7-9-11-13-15-16-17-18-19-20-21-22-23-24-26-28-30-32-34-36-42(51)48-39(38-56-47-46(55)45(54)44(53)41(37-49)57-47)43(52)40(50)35-33-31-29-27-25-14-12-10-8-6-4-2/h39-41,43-47,49-50,52-55H,3-38H2,1-2H3,(H,48,51)/t39-,40+,41+,43-,44-,45-,46+,47-/m0/s1. The highest BCUT2D eigenvalue weighted by Gasteiger charge is 2.44. The minimum absolute atomic E-state index is 0.254. The Morgan fingerprint density at radius 2 is 0.912 bits per heavy atom. The number of carbonyl (C=O) groups excluding carboxylic acids is 1. The normalized spacial score (nSPS) is 21.4. The number of aliphatic hydroxyl groups excluding tert-OH is 6. The van der Waals surface area contributed by atoms with Crippen LogP contribution in [-0.4, -0.2) is 98.7 Å². The van der Waals surface area contributed by atoms with Crippen LogP contribution in [0.25, 0.3) is 0 Å². The highest BCUT2D eigenvalue weighted by molar-refractivity contribution is 5.76. The maximum absolute atomic E-state index is 13.0. The molecule has 0 aromatic heterocycles. The molecule has 1 fully saturated rings. The molecule has 0 aliphatic carbocycles. The van der Waals surface area contributed by atoms with Crippen LogP contribution in [-0.2, 0) is 14.3 Å². The van der Waals surface area contributed by atoms with E-state index in [2.05, 4.69) is 19.2 Å². The molecule has 1 heterocycles. The molecule has 1 amide bonds. The Bertz CT molecular complexity index is 880. The molecular formula is C47H93NO9. The largest absolute Gasteiger partial charge is 0.394 e. The third-order valence-electron chi connectivity index (χ3n) is 12.1. The Morgan fingerprint density at radius 1 is 0.544 bits per heavy atom. The molecule has 340 valence electrons. The number of ether oxygens (including phenoxy) is 2. The van der Waals surface area contributed by atoms with Gasteiger partial charge in [-0.3, -0.25) is 4.79 Å². The van der Waals surface area contributed by atoms with Gasteiger partial charge < -0.3 is 45.4 Å². The number of nitrogens with one attached hydrogen (secondary N) is 1. The molecule has 0 saturated carbocycles. The van der Waals surface area contributed by atoms with Gasteiger partial charge in [-0.25, -0.2) is 0 Å². The zero-order chi connectivity index (χ0) is 41.8. The van der Waals surface area contributed by atoms with Gasteiger partial charge in [0.2, 0.25) is 5.91 Å². The van der Waals surface area contributed by atoms with E-state index in [1.165, 1.54) is 161 Å². The van der Waals surface area contributed by atoms with Gasteiger partial charge in [0, 0.05) is 6.42 Å². The lowest BCUT2D eigenvalue weighted by molar-refractivity contribution is -0.303. The quantitative estimate of drug-likeness (QED) is 0.0298. The van der Waals surface area contributed by atoms with Crippen LogP contribution in [0.15, 0.2) is 0 Å². The van der Waals surface area contributed by atoms with Crippen LogP contribution in [0.1, 0.15) is 232 Å². The van der Waals surface area contributed by atoms with Crippen LogP contribution in [0, 0.1) is 0 Å². The second kappa shape index (κ2) is 38.1. The molecule has 1 aliphatic rings. The molecule has 1 aliphatic heterocycles. The summed E-state index contributed by atoms with van der Waals surface area (Å²) in [5.41, 5.74) is 0. The van der Waals surface area contributed by atoms with E-state index < -0.39 is 55.6 Å². The monoisotopic (exact) mass is 816 g/mol. The molecule has 10 nitrogen and oxygen atoms in total. The minimum Gasteiger partial charge on any atom is -0.394 e. The molecule has 0 aromatic carbocycles. The van der Waals surface area contributed by atoms with Crippen LogP contribution >= 0.6 is 0 Å². The lowest BCUT2D eigenvalue weighted by Crippen LogP contribution is -2.60. The van der Waals surface area contributed by atoms with E-state index in [-0.39, 0.29) is 18.9 Å². The maximum atomic E-state index is 13.0. The molecule has 0 radical (unpaired) electrons. The smallest absolute Gasteiger partial charge is 0.220 e. The molecule has 8 atom stereocenters. The van der Waals surface area contributed by atoms with Crippen molar-refractivity contribution in [1.29, 1.82) is 0 Å². The van der Waals surface area contributed by atoms with E-state index >= 15 is 0 Å². The summed E-state index contributed by atoms with van der Waals surface area (Å²) < 4.78 is 11.2. The number of amides is 1. The van der Waals surface area contributed by atoms with E-state index in [0.29, 0.717) is 6.42 Å². The summed E-state index contributed by atoms with van der Waals surface area (Å²) in [6.07, 6.45) is 31.2. The van der Waals surface area contributed by atoms with E-state index in [4.69, 9.17) is 9.47 Å². The van der Waals surface area contributed by atoms with E-state index in [1.54, 1.807) is 0 Å². The van der Waals surface area contributed by atoms with Crippen molar-refractivity contribution in [2.45, 2.75) is 281 Å². The molecule has 1 rings (SSSR count). The number of unbranched alkanes of at least 4 members (excludes halogenated alkanes) is 30. The summed E-state index contributed by atoms with van der Waals surface area (Å²) in [7, 11) is 0. The van der Waals surface area contributed by atoms with Gasteiger partial charge in [-0.1, -0.05) is 213 Å². The Labute approximate surface area is 349 Å². The number of hydrogen-bond acceptors (Lipinski definition) is 9. The molecular weight excluding hydrogens is 723 g/mol. The van der Waals surface area contributed by atoms with Crippen molar-refractivity contribution in [3.05, 3.63) is 0 Å². The average Bonchev–Trinajstić information content (AvgIpc) is 3.21. The molecule has 1 saturated heterocycles. The SMILES string of the molecule is CCCCCCCCCCCCCCCCCCCCCCCC(=O)N[C@@H](CO[C@H]1O[C@H](CO)[C@H](O)[C@H](O)[C@H]1O)[C@H](O)[C@H](O)CCCCCCCCCCCCC. The van der Waals surface area contributed by atoms with Crippen molar-refractivity contribution < 1.29 is 44.9 Å².